The number of aryl methyl sites for hydroxylation is 1. The Morgan fingerprint density at radius 3 is 2.75 bits per heavy atom. The number of aromatic nitrogens is 2. The van der Waals surface area contributed by atoms with E-state index in [1.54, 1.807) is 18.1 Å². The van der Waals surface area contributed by atoms with E-state index in [0.29, 0.717) is 12.3 Å². The van der Waals surface area contributed by atoms with E-state index in [2.05, 4.69) is 14.6 Å². The molecule has 1 saturated heterocycles. The highest BCUT2D eigenvalue weighted by Gasteiger charge is 2.14. The summed E-state index contributed by atoms with van der Waals surface area (Å²) in [6, 6.07) is 21.2. The second kappa shape index (κ2) is 8.98. The minimum Gasteiger partial charge on any atom is -0.359 e. The van der Waals surface area contributed by atoms with E-state index in [9.17, 15) is 4.79 Å². The van der Waals surface area contributed by atoms with Crippen LogP contribution in [0.15, 0.2) is 72.9 Å². The summed E-state index contributed by atoms with van der Waals surface area (Å²) in [6.45, 7) is 3.37. The molecular formula is C25H22N4O2S. The Morgan fingerprint density at radius 2 is 1.94 bits per heavy atom. The van der Waals surface area contributed by atoms with Crippen molar-refractivity contribution in [2.45, 2.75) is 6.92 Å². The van der Waals surface area contributed by atoms with Gasteiger partial charge in [0.15, 0.2) is 0 Å². The quantitative estimate of drug-likeness (QED) is 0.433. The van der Waals surface area contributed by atoms with E-state index in [1.807, 2.05) is 73.7 Å². The first kappa shape index (κ1) is 20.5. The number of hydrogen-bond acceptors (Lipinski definition) is 6. The van der Waals surface area contributed by atoms with Crippen molar-refractivity contribution in [1.82, 2.24) is 9.97 Å². The summed E-state index contributed by atoms with van der Waals surface area (Å²) >= 11 is 1.73. The van der Waals surface area contributed by atoms with E-state index in [4.69, 9.17) is 9.72 Å². The van der Waals surface area contributed by atoms with Gasteiger partial charge in [0.2, 0.25) is 0 Å². The molecule has 2 aromatic heterocycles. The maximum Gasteiger partial charge on any atom is 0.255 e. The molecule has 0 spiro atoms. The molecule has 7 heteroatoms. The molecule has 6 nitrogen and oxygen atoms in total. The largest absolute Gasteiger partial charge is 0.359 e. The molecule has 0 bridgehead atoms. The van der Waals surface area contributed by atoms with E-state index >= 15 is 0 Å². The number of hydrogen-bond donors (Lipinski definition) is 1. The van der Waals surface area contributed by atoms with Crippen molar-refractivity contribution < 1.29 is 9.53 Å². The van der Waals surface area contributed by atoms with Crippen LogP contribution in [0.4, 0.5) is 11.4 Å². The van der Waals surface area contributed by atoms with Gasteiger partial charge in [0.05, 0.1) is 23.3 Å². The Labute approximate surface area is 190 Å². The molecule has 0 unspecified atom stereocenters. The van der Waals surface area contributed by atoms with Gasteiger partial charge >= 0.3 is 0 Å². The zero-order chi connectivity index (χ0) is 21.9. The summed E-state index contributed by atoms with van der Waals surface area (Å²) in [4.78, 5) is 21.9. The van der Waals surface area contributed by atoms with E-state index in [0.717, 1.165) is 51.6 Å². The van der Waals surface area contributed by atoms with Gasteiger partial charge in [-0.25, -0.2) is 4.98 Å². The van der Waals surface area contributed by atoms with Crippen LogP contribution in [0, 0.1) is 6.92 Å². The molecule has 3 heterocycles. The number of fused-ring (bicyclic) bond motifs is 1. The third-order valence-electron chi connectivity index (χ3n) is 5.33. The standard InChI is InChI=1S/C25H22N4O2S/c1-17-4-7-19(15-21(17)22-10-11-23-24(28-22)3-2-12-26-23)27-25(30)18-5-8-20(9-6-18)29-16-31-13-14-32-29/h2-12,15H,13-14,16H2,1H3,(H,27,30). The number of nitrogens with zero attached hydrogens (tertiary/aromatic N) is 3. The van der Waals surface area contributed by atoms with Crippen molar-refractivity contribution in [2.75, 3.05) is 28.7 Å². The van der Waals surface area contributed by atoms with E-state index < -0.39 is 0 Å². The van der Waals surface area contributed by atoms with Crippen molar-refractivity contribution in [1.29, 1.82) is 0 Å². The van der Waals surface area contributed by atoms with Gasteiger partial charge in [0.1, 0.15) is 6.73 Å². The van der Waals surface area contributed by atoms with Crippen LogP contribution in [0.5, 0.6) is 0 Å². The second-order valence-corrected chi connectivity index (χ2v) is 8.63. The molecule has 0 atom stereocenters. The van der Waals surface area contributed by atoms with Crippen molar-refractivity contribution in [3.05, 3.63) is 84.1 Å². The van der Waals surface area contributed by atoms with Gasteiger partial charge < -0.3 is 10.1 Å². The fraction of sp³-hybridized carbons (Fsp3) is 0.160. The van der Waals surface area contributed by atoms with Gasteiger partial charge in [-0.3, -0.25) is 14.1 Å². The number of amides is 1. The third-order valence-corrected chi connectivity index (χ3v) is 6.31. The second-order valence-electron chi connectivity index (χ2n) is 7.52. The summed E-state index contributed by atoms with van der Waals surface area (Å²) < 4.78 is 7.58. The summed E-state index contributed by atoms with van der Waals surface area (Å²) in [5, 5.41) is 3.01. The first-order chi connectivity index (χ1) is 15.7. The summed E-state index contributed by atoms with van der Waals surface area (Å²) in [6.07, 6.45) is 1.76. The number of ether oxygens (including phenoxy) is 1. The molecular weight excluding hydrogens is 420 g/mol. The predicted octanol–water partition coefficient (Wildman–Crippen LogP) is 5.30. The smallest absolute Gasteiger partial charge is 0.255 e. The fourth-order valence-corrected chi connectivity index (χ4v) is 4.44. The highest BCUT2D eigenvalue weighted by atomic mass is 32.2. The Kier molecular flexibility index (Phi) is 5.75. The molecule has 1 aliphatic rings. The van der Waals surface area contributed by atoms with Crippen LogP contribution in [-0.4, -0.2) is 35.0 Å². The first-order valence-electron chi connectivity index (χ1n) is 10.4. The van der Waals surface area contributed by atoms with Gasteiger partial charge in [-0.15, -0.1) is 0 Å². The lowest BCUT2D eigenvalue weighted by Gasteiger charge is -2.27. The molecule has 32 heavy (non-hydrogen) atoms. The number of benzene rings is 2. The topological polar surface area (TPSA) is 67.4 Å². The third kappa shape index (κ3) is 4.30. The van der Waals surface area contributed by atoms with E-state index in [-0.39, 0.29) is 5.91 Å². The molecule has 2 aromatic carbocycles. The Hall–Kier alpha value is -3.42. The van der Waals surface area contributed by atoms with Crippen LogP contribution in [-0.2, 0) is 4.74 Å². The average molecular weight is 443 g/mol. The Morgan fingerprint density at radius 1 is 1.06 bits per heavy atom. The number of rotatable bonds is 4. The molecule has 1 amide bonds. The molecule has 0 saturated carbocycles. The minimum atomic E-state index is -0.149. The Balaban J connectivity index is 1.35. The zero-order valence-corrected chi connectivity index (χ0v) is 18.4. The predicted molar refractivity (Wildman–Crippen MR) is 130 cm³/mol. The number of carbonyl (C=O) groups excluding carboxylic acids is 1. The van der Waals surface area contributed by atoms with Crippen LogP contribution in [0.1, 0.15) is 15.9 Å². The number of anilines is 2. The average Bonchev–Trinajstić information content (AvgIpc) is 2.85. The maximum atomic E-state index is 12.8. The molecule has 1 N–H and O–H groups in total. The monoisotopic (exact) mass is 442 g/mol. The number of carbonyl (C=O) groups is 1. The lowest BCUT2D eigenvalue weighted by atomic mass is 10.0. The van der Waals surface area contributed by atoms with E-state index in [1.165, 1.54) is 0 Å². The van der Waals surface area contributed by atoms with Gasteiger partial charge in [-0.1, -0.05) is 6.07 Å². The molecule has 1 aliphatic heterocycles. The summed E-state index contributed by atoms with van der Waals surface area (Å²) in [7, 11) is 0. The van der Waals surface area contributed by atoms with Crippen LogP contribution in [0.3, 0.4) is 0 Å². The van der Waals surface area contributed by atoms with Gasteiger partial charge in [0.25, 0.3) is 5.91 Å². The van der Waals surface area contributed by atoms with Crippen molar-refractivity contribution >= 4 is 40.3 Å². The zero-order valence-electron chi connectivity index (χ0n) is 17.6. The molecule has 1 fully saturated rings. The molecule has 0 radical (unpaired) electrons. The molecule has 160 valence electrons. The molecule has 4 aromatic rings. The molecule has 0 aliphatic carbocycles. The van der Waals surface area contributed by atoms with Crippen molar-refractivity contribution in [3.63, 3.8) is 0 Å². The summed E-state index contributed by atoms with van der Waals surface area (Å²) in [5.74, 6) is 0.783. The SMILES string of the molecule is Cc1ccc(NC(=O)c2ccc(N3COCCS3)cc2)cc1-c1ccc2ncccc2n1. The lowest BCUT2D eigenvalue weighted by Crippen LogP contribution is -2.25. The van der Waals surface area contributed by atoms with Crippen LogP contribution < -0.4 is 9.62 Å². The fourth-order valence-electron chi connectivity index (χ4n) is 3.61. The van der Waals surface area contributed by atoms with Gasteiger partial charge in [-0.05, 0) is 85.1 Å². The van der Waals surface area contributed by atoms with Crippen LogP contribution in [0.25, 0.3) is 22.3 Å². The number of nitrogens with one attached hydrogen (secondary N) is 1. The highest BCUT2D eigenvalue weighted by Crippen LogP contribution is 2.28. The van der Waals surface area contributed by atoms with Crippen molar-refractivity contribution in [3.8, 4) is 11.3 Å². The normalized spacial score (nSPS) is 13.8. The molecule has 5 rings (SSSR count). The highest BCUT2D eigenvalue weighted by molar-refractivity contribution is 8.00. The van der Waals surface area contributed by atoms with Gasteiger partial charge in [0, 0.05) is 34.5 Å². The number of pyridine rings is 2. The van der Waals surface area contributed by atoms with Gasteiger partial charge in [-0.2, -0.15) is 0 Å². The minimum absolute atomic E-state index is 0.149. The lowest BCUT2D eigenvalue weighted by molar-refractivity contribution is 0.102. The van der Waals surface area contributed by atoms with Crippen molar-refractivity contribution in [2.24, 2.45) is 0 Å². The summed E-state index contributed by atoms with van der Waals surface area (Å²) in [5.41, 5.74) is 6.98. The van der Waals surface area contributed by atoms with Crippen LogP contribution in [0.2, 0.25) is 0 Å². The first-order valence-corrected chi connectivity index (χ1v) is 11.3. The Bertz CT molecular complexity index is 1270. The van der Waals surface area contributed by atoms with Crippen LogP contribution >= 0.6 is 11.9 Å². The maximum absolute atomic E-state index is 12.8.